The lowest BCUT2D eigenvalue weighted by molar-refractivity contribution is 0.394. The maximum atomic E-state index is 13.6. The lowest BCUT2D eigenvalue weighted by Gasteiger charge is -2.27. The zero-order chi connectivity index (χ0) is 15.2. The molecule has 0 spiro atoms. The molecule has 1 aliphatic rings. The Balaban J connectivity index is 2.10. The van der Waals surface area contributed by atoms with Gasteiger partial charge in [0.25, 0.3) is 0 Å². The van der Waals surface area contributed by atoms with Crippen LogP contribution in [0.2, 0.25) is 0 Å². The van der Waals surface area contributed by atoms with E-state index in [-0.39, 0.29) is 11.9 Å². The van der Waals surface area contributed by atoms with Crippen molar-refractivity contribution in [3.05, 3.63) is 29.6 Å². The van der Waals surface area contributed by atoms with E-state index in [9.17, 15) is 4.39 Å². The maximum absolute atomic E-state index is 13.6. The van der Waals surface area contributed by atoms with Gasteiger partial charge in [-0.05, 0) is 62.4 Å². The minimum absolute atomic E-state index is 0.128. The molecule has 1 N–H and O–H groups in total. The molecule has 1 aromatic carbocycles. The van der Waals surface area contributed by atoms with E-state index in [0.29, 0.717) is 5.25 Å². The van der Waals surface area contributed by atoms with Crippen LogP contribution in [0.25, 0.3) is 0 Å². The Morgan fingerprint density at radius 1 is 1.38 bits per heavy atom. The largest absolute Gasteiger partial charge is 0.310 e. The van der Waals surface area contributed by atoms with Gasteiger partial charge in [-0.2, -0.15) is 0 Å². The van der Waals surface area contributed by atoms with Gasteiger partial charge in [0.2, 0.25) is 0 Å². The molecule has 0 amide bonds. The molecule has 0 aromatic heterocycles. The number of hydrogen-bond acceptors (Lipinski definition) is 2. The Bertz CT molecular complexity index is 449. The van der Waals surface area contributed by atoms with Crippen molar-refractivity contribution >= 4 is 11.8 Å². The normalized spacial score (nSPS) is 24.0. The van der Waals surface area contributed by atoms with E-state index < -0.39 is 0 Å². The number of thioether (sulfide) groups is 1. The van der Waals surface area contributed by atoms with Crippen LogP contribution in [0.4, 0.5) is 4.39 Å². The van der Waals surface area contributed by atoms with Crippen LogP contribution in [-0.2, 0) is 0 Å². The van der Waals surface area contributed by atoms with Gasteiger partial charge in [-0.1, -0.05) is 26.7 Å². The molecule has 1 saturated carbocycles. The molecule has 1 aliphatic carbocycles. The first-order valence-corrected chi connectivity index (χ1v) is 9.17. The van der Waals surface area contributed by atoms with Gasteiger partial charge in [0.15, 0.2) is 0 Å². The molecule has 0 saturated heterocycles. The van der Waals surface area contributed by atoms with Crippen molar-refractivity contribution in [1.82, 2.24) is 5.32 Å². The van der Waals surface area contributed by atoms with Crippen LogP contribution in [-0.4, -0.2) is 11.8 Å². The van der Waals surface area contributed by atoms with Crippen molar-refractivity contribution in [3.8, 4) is 0 Å². The zero-order valence-corrected chi connectivity index (χ0v) is 14.3. The Hall–Kier alpha value is -0.540. The molecule has 3 unspecified atom stereocenters. The van der Waals surface area contributed by atoms with E-state index in [1.165, 1.54) is 30.6 Å². The Labute approximate surface area is 133 Å². The summed E-state index contributed by atoms with van der Waals surface area (Å²) >= 11 is 1.96. The van der Waals surface area contributed by atoms with Crippen LogP contribution in [0.3, 0.4) is 0 Å². The average Bonchev–Trinajstić information content (AvgIpc) is 2.46. The van der Waals surface area contributed by atoms with E-state index >= 15 is 0 Å². The predicted octanol–water partition coefficient (Wildman–Crippen LogP) is 5.56. The third-order valence-corrected chi connectivity index (χ3v) is 5.71. The van der Waals surface area contributed by atoms with Gasteiger partial charge < -0.3 is 5.32 Å². The maximum Gasteiger partial charge on any atom is 0.123 e. The molecular formula is C18H28FNS. The molecule has 21 heavy (non-hydrogen) atoms. The fourth-order valence-electron chi connectivity index (χ4n) is 3.10. The first kappa shape index (κ1) is 16.8. The highest BCUT2D eigenvalue weighted by Crippen LogP contribution is 2.38. The zero-order valence-electron chi connectivity index (χ0n) is 13.5. The summed E-state index contributed by atoms with van der Waals surface area (Å²) in [5, 5.41) is 4.17. The summed E-state index contributed by atoms with van der Waals surface area (Å²) in [7, 11) is 0. The molecule has 3 heteroatoms. The molecule has 118 valence electrons. The van der Waals surface area contributed by atoms with E-state index in [2.05, 4.69) is 26.1 Å². The summed E-state index contributed by atoms with van der Waals surface area (Å²) in [6, 6.07) is 5.50. The van der Waals surface area contributed by atoms with Crippen molar-refractivity contribution in [2.45, 2.75) is 69.1 Å². The third-order valence-electron chi connectivity index (χ3n) is 4.32. The van der Waals surface area contributed by atoms with Gasteiger partial charge in [-0.25, -0.2) is 4.39 Å². The van der Waals surface area contributed by atoms with Gasteiger partial charge >= 0.3 is 0 Å². The fraction of sp³-hybridized carbons (Fsp3) is 0.667. The Morgan fingerprint density at radius 3 is 2.90 bits per heavy atom. The molecule has 1 aromatic rings. The number of rotatable bonds is 6. The summed E-state index contributed by atoms with van der Waals surface area (Å²) in [5.41, 5.74) is 1.12. The molecule has 1 fully saturated rings. The standard InChI is InChI=1S/C18H28FNS/c1-4-10-20-14(3)17-12-15(19)8-9-18(17)21-16-7-5-6-13(2)11-16/h8-9,12-14,16,20H,4-7,10-11H2,1-3H3. The highest BCUT2D eigenvalue weighted by Gasteiger charge is 2.22. The number of hydrogen-bond donors (Lipinski definition) is 1. The van der Waals surface area contributed by atoms with Crippen LogP contribution < -0.4 is 5.32 Å². The van der Waals surface area contributed by atoms with Gasteiger partial charge in [0.05, 0.1) is 0 Å². The van der Waals surface area contributed by atoms with E-state index in [4.69, 9.17) is 0 Å². The second-order valence-electron chi connectivity index (χ2n) is 6.37. The lowest BCUT2D eigenvalue weighted by Crippen LogP contribution is -2.21. The summed E-state index contributed by atoms with van der Waals surface area (Å²) in [5.74, 6) is 0.701. The van der Waals surface area contributed by atoms with Crippen LogP contribution in [0.1, 0.15) is 64.5 Å². The molecule has 0 aliphatic heterocycles. The second-order valence-corrected chi connectivity index (χ2v) is 7.71. The third kappa shape index (κ3) is 5.00. The first-order chi connectivity index (χ1) is 10.1. The molecular weight excluding hydrogens is 281 g/mol. The van der Waals surface area contributed by atoms with E-state index in [0.717, 1.165) is 24.4 Å². The van der Waals surface area contributed by atoms with Crippen molar-refractivity contribution in [2.24, 2.45) is 5.92 Å². The predicted molar refractivity (Wildman–Crippen MR) is 90.4 cm³/mol. The SMILES string of the molecule is CCCNC(C)c1cc(F)ccc1SC1CCCC(C)C1. The summed E-state index contributed by atoms with van der Waals surface area (Å²) in [4.78, 5) is 1.26. The van der Waals surface area contributed by atoms with Crippen LogP contribution in [0, 0.1) is 11.7 Å². The van der Waals surface area contributed by atoms with Crippen molar-refractivity contribution in [1.29, 1.82) is 0 Å². The van der Waals surface area contributed by atoms with Gasteiger partial charge in [-0.3, -0.25) is 0 Å². The summed E-state index contributed by atoms with van der Waals surface area (Å²) in [6.45, 7) is 7.62. The molecule has 0 radical (unpaired) electrons. The van der Waals surface area contributed by atoms with Gasteiger partial charge in [0.1, 0.15) is 5.82 Å². The van der Waals surface area contributed by atoms with Crippen molar-refractivity contribution < 1.29 is 4.39 Å². The molecule has 0 heterocycles. The smallest absolute Gasteiger partial charge is 0.123 e. The number of nitrogens with one attached hydrogen (secondary N) is 1. The highest BCUT2D eigenvalue weighted by atomic mass is 32.2. The Kier molecular flexibility index (Phi) is 6.56. The van der Waals surface area contributed by atoms with Gasteiger partial charge in [0, 0.05) is 16.2 Å². The van der Waals surface area contributed by atoms with Crippen LogP contribution in [0.15, 0.2) is 23.1 Å². The monoisotopic (exact) mass is 309 g/mol. The highest BCUT2D eigenvalue weighted by molar-refractivity contribution is 8.00. The van der Waals surface area contributed by atoms with E-state index in [1.807, 2.05) is 17.8 Å². The number of benzene rings is 1. The van der Waals surface area contributed by atoms with E-state index in [1.54, 1.807) is 12.1 Å². The fourth-order valence-corrected chi connectivity index (χ4v) is 4.69. The second kappa shape index (κ2) is 8.19. The minimum Gasteiger partial charge on any atom is -0.310 e. The van der Waals surface area contributed by atoms with Gasteiger partial charge in [-0.15, -0.1) is 11.8 Å². The topological polar surface area (TPSA) is 12.0 Å². The molecule has 2 rings (SSSR count). The van der Waals surface area contributed by atoms with Crippen molar-refractivity contribution in [3.63, 3.8) is 0 Å². The molecule has 3 atom stereocenters. The number of halogens is 1. The summed E-state index contributed by atoms with van der Waals surface area (Å²) < 4.78 is 13.6. The lowest BCUT2D eigenvalue weighted by atomic mass is 9.91. The van der Waals surface area contributed by atoms with Crippen LogP contribution in [0.5, 0.6) is 0 Å². The molecule has 0 bridgehead atoms. The molecule has 1 nitrogen and oxygen atoms in total. The average molecular weight is 309 g/mol. The van der Waals surface area contributed by atoms with Crippen LogP contribution >= 0.6 is 11.8 Å². The Morgan fingerprint density at radius 2 is 2.19 bits per heavy atom. The van der Waals surface area contributed by atoms with Crippen molar-refractivity contribution in [2.75, 3.05) is 6.54 Å². The minimum atomic E-state index is -0.128. The first-order valence-electron chi connectivity index (χ1n) is 8.29. The summed E-state index contributed by atoms with van der Waals surface area (Å²) in [6.07, 6.45) is 6.38. The quantitative estimate of drug-likeness (QED) is 0.738.